The Hall–Kier alpha value is -3.42. The number of carbonyl (C=O) groups excluding carboxylic acids is 2. The summed E-state index contributed by atoms with van der Waals surface area (Å²) in [6, 6.07) is 26.3. The van der Waals surface area contributed by atoms with E-state index in [9.17, 15) is 9.59 Å². The number of rotatable bonds is 7. The van der Waals surface area contributed by atoms with Crippen LogP contribution in [0.1, 0.15) is 29.0 Å². The van der Waals surface area contributed by atoms with Gasteiger partial charge in [-0.2, -0.15) is 0 Å². The Morgan fingerprint density at radius 2 is 1.48 bits per heavy atom. The molecule has 7 heteroatoms. The van der Waals surface area contributed by atoms with Gasteiger partial charge in [0.15, 0.2) is 6.10 Å². The molecule has 0 fully saturated rings. The first-order valence-electron chi connectivity index (χ1n) is 10.3. The smallest absolute Gasteiger partial charge is 0.312 e. The Morgan fingerprint density at radius 3 is 2.03 bits per heavy atom. The second-order valence-electron chi connectivity index (χ2n) is 7.25. The minimum absolute atomic E-state index is 0.0649. The Kier molecular flexibility index (Phi) is 7.22. The molecule has 0 aliphatic rings. The van der Waals surface area contributed by atoms with Crippen molar-refractivity contribution in [2.75, 3.05) is 0 Å². The highest BCUT2D eigenvalue weighted by molar-refractivity contribution is 7.82. The zero-order chi connectivity index (χ0) is 23.2. The lowest BCUT2D eigenvalue weighted by molar-refractivity contribution is -0.146. The summed E-state index contributed by atoms with van der Waals surface area (Å²) in [5.74, 6) is -0.298. The summed E-state index contributed by atoms with van der Waals surface area (Å²) >= 11 is 5.72. The fourth-order valence-electron chi connectivity index (χ4n) is 3.42. The molecule has 4 aromatic rings. The average Bonchev–Trinajstić information content (AvgIpc) is 3.18. The molecule has 0 bridgehead atoms. The van der Waals surface area contributed by atoms with Gasteiger partial charge in [-0.25, -0.2) is 4.98 Å². The van der Waals surface area contributed by atoms with Gasteiger partial charge in [-0.05, 0) is 35.4 Å². The predicted molar refractivity (Wildman–Crippen MR) is 131 cm³/mol. The molecule has 0 atom stereocenters. The zero-order valence-electron chi connectivity index (χ0n) is 17.8. The van der Waals surface area contributed by atoms with Crippen molar-refractivity contribution in [1.82, 2.24) is 4.98 Å². The molecule has 0 saturated carbocycles. The van der Waals surface area contributed by atoms with E-state index in [0.717, 1.165) is 21.6 Å². The highest BCUT2D eigenvalue weighted by atomic mass is 32.2. The number of carbonyl (C=O) groups is 2. The Bertz CT molecular complexity index is 1200. The number of hydrogen-bond donors (Lipinski definition) is 1. The molecule has 0 saturated heterocycles. The topological polar surface area (TPSA) is 65.5 Å². The van der Waals surface area contributed by atoms with Crippen LogP contribution in [0.5, 0.6) is 5.75 Å². The molecule has 33 heavy (non-hydrogen) atoms. The van der Waals surface area contributed by atoms with Crippen LogP contribution in [0.25, 0.3) is 11.3 Å². The van der Waals surface area contributed by atoms with Crippen molar-refractivity contribution < 1.29 is 19.1 Å². The molecular formula is C26H21NO4S2. The number of thiazole rings is 1. The maximum atomic E-state index is 13.0. The van der Waals surface area contributed by atoms with E-state index in [2.05, 4.69) is 17.6 Å². The van der Waals surface area contributed by atoms with Gasteiger partial charge >= 0.3 is 11.9 Å². The van der Waals surface area contributed by atoms with Crippen LogP contribution in [0.3, 0.4) is 0 Å². The van der Waals surface area contributed by atoms with E-state index in [4.69, 9.17) is 9.47 Å². The molecular weight excluding hydrogens is 454 g/mol. The van der Waals surface area contributed by atoms with Crippen molar-refractivity contribution in [2.24, 2.45) is 0 Å². The number of esters is 2. The van der Waals surface area contributed by atoms with Crippen molar-refractivity contribution in [2.45, 2.75) is 23.8 Å². The van der Waals surface area contributed by atoms with Crippen molar-refractivity contribution >= 4 is 35.9 Å². The average molecular weight is 476 g/mol. The van der Waals surface area contributed by atoms with Crippen molar-refractivity contribution in [1.29, 1.82) is 0 Å². The maximum Gasteiger partial charge on any atom is 0.312 e. The van der Waals surface area contributed by atoms with E-state index in [1.807, 2.05) is 60.7 Å². The summed E-state index contributed by atoms with van der Waals surface area (Å²) < 4.78 is 11.6. The lowest BCUT2D eigenvalue weighted by Gasteiger charge is -2.19. The van der Waals surface area contributed by atoms with Gasteiger partial charge in [-0.3, -0.25) is 9.59 Å². The molecule has 0 aliphatic heterocycles. The van der Waals surface area contributed by atoms with Crippen LogP contribution >= 0.6 is 24.0 Å². The monoisotopic (exact) mass is 475 g/mol. The van der Waals surface area contributed by atoms with Crippen LogP contribution in [0.15, 0.2) is 89.3 Å². The molecule has 5 nitrogen and oxygen atoms in total. The van der Waals surface area contributed by atoms with Gasteiger partial charge in [0.25, 0.3) is 0 Å². The second kappa shape index (κ2) is 10.5. The molecule has 0 spiro atoms. The lowest BCUT2D eigenvalue weighted by Crippen LogP contribution is -2.14. The molecule has 166 valence electrons. The number of ether oxygens (including phenoxy) is 2. The third kappa shape index (κ3) is 5.88. The van der Waals surface area contributed by atoms with Gasteiger partial charge in [0.1, 0.15) is 10.1 Å². The summed E-state index contributed by atoms with van der Waals surface area (Å²) in [6.45, 7) is 1.35. The van der Waals surface area contributed by atoms with Gasteiger partial charge < -0.3 is 9.47 Å². The van der Waals surface area contributed by atoms with E-state index in [1.54, 1.807) is 24.3 Å². The molecule has 0 radical (unpaired) electrons. The Labute approximate surface area is 201 Å². The highest BCUT2D eigenvalue weighted by Crippen LogP contribution is 2.33. The minimum Gasteiger partial charge on any atom is -0.452 e. The van der Waals surface area contributed by atoms with Gasteiger partial charge in [0, 0.05) is 17.4 Å². The van der Waals surface area contributed by atoms with E-state index in [1.165, 1.54) is 18.3 Å². The van der Waals surface area contributed by atoms with Crippen molar-refractivity contribution in [3.8, 4) is 17.0 Å². The molecule has 1 aromatic heterocycles. The molecule has 0 aliphatic carbocycles. The Balaban J connectivity index is 1.55. The zero-order valence-corrected chi connectivity index (χ0v) is 19.5. The predicted octanol–water partition coefficient (Wildman–Crippen LogP) is 5.90. The van der Waals surface area contributed by atoms with Crippen molar-refractivity contribution in [3.63, 3.8) is 0 Å². The number of thiol groups is 1. The molecule has 0 unspecified atom stereocenters. The van der Waals surface area contributed by atoms with Crippen LogP contribution in [0.4, 0.5) is 0 Å². The largest absolute Gasteiger partial charge is 0.452 e. The van der Waals surface area contributed by atoms with Gasteiger partial charge in [-0.15, -0.1) is 24.0 Å². The normalized spacial score (nSPS) is 10.8. The van der Waals surface area contributed by atoms with Gasteiger partial charge in [-0.1, -0.05) is 60.7 Å². The van der Waals surface area contributed by atoms with Gasteiger partial charge in [0.05, 0.1) is 12.1 Å². The number of nitrogens with zero attached hydrogens (tertiary/aromatic N) is 1. The van der Waals surface area contributed by atoms with E-state index < -0.39 is 6.10 Å². The van der Waals surface area contributed by atoms with Crippen LogP contribution in [0.2, 0.25) is 0 Å². The van der Waals surface area contributed by atoms with Crippen LogP contribution in [-0.4, -0.2) is 16.9 Å². The third-order valence-corrected chi connectivity index (χ3v) is 6.07. The van der Waals surface area contributed by atoms with Crippen LogP contribution < -0.4 is 4.74 Å². The van der Waals surface area contributed by atoms with E-state index in [-0.39, 0.29) is 18.4 Å². The summed E-state index contributed by atoms with van der Waals surface area (Å²) in [5.41, 5.74) is 3.26. The fourth-order valence-corrected chi connectivity index (χ4v) is 4.66. The summed E-state index contributed by atoms with van der Waals surface area (Å²) in [5, 5.41) is 0. The number of hydrogen-bond acceptors (Lipinski definition) is 7. The quantitative estimate of drug-likeness (QED) is 0.205. The highest BCUT2D eigenvalue weighted by Gasteiger charge is 2.22. The second-order valence-corrected chi connectivity index (χ2v) is 9.06. The minimum atomic E-state index is -0.505. The first kappa shape index (κ1) is 22.8. The van der Waals surface area contributed by atoms with Crippen molar-refractivity contribution in [3.05, 3.63) is 101 Å². The standard InChI is InChI=1S/C26H21NO4S2/c1-17(28)30-21-14-12-18(13-15-21)24-22(33-26(32)27-24)16-23(29)31-25(19-8-4-2-5-9-19)20-10-6-3-7-11-20/h2-15,25H,16H2,1H3,(H,27,32). The SMILES string of the molecule is CC(=O)Oc1ccc(-c2nc(S)sc2CC(=O)OC(c2ccccc2)c2ccccc2)cc1. The van der Waals surface area contributed by atoms with E-state index in [0.29, 0.717) is 15.8 Å². The molecule has 4 rings (SSSR count). The fraction of sp³-hybridized carbons (Fsp3) is 0.115. The molecule has 1 heterocycles. The molecule has 0 amide bonds. The molecule has 0 N–H and O–H groups in total. The summed E-state index contributed by atoms with van der Waals surface area (Å²) in [4.78, 5) is 29.4. The number of aromatic nitrogens is 1. The van der Waals surface area contributed by atoms with Crippen LogP contribution in [0, 0.1) is 0 Å². The Morgan fingerprint density at radius 1 is 0.909 bits per heavy atom. The van der Waals surface area contributed by atoms with E-state index >= 15 is 0 Å². The summed E-state index contributed by atoms with van der Waals surface area (Å²) in [6.07, 6.45) is -0.440. The molecule has 3 aromatic carbocycles. The first-order chi connectivity index (χ1) is 16.0. The summed E-state index contributed by atoms with van der Waals surface area (Å²) in [7, 11) is 0. The van der Waals surface area contributed by atoms with Gasteiger partial charge in [0.2, 0.25) is 0 Å². The number of benzene rings is 3. The van der Waals surface area contributed by atoms with Crippen LogP contribution in [-0.2, 0) is 20.7 Å². The lowest BCUT2D eigenvalue weighted by atomic mass is 10.0. The maximum absolute atomic E-state index is 13.0. The first-order valence-corrected chi connectivity index (χ1v) is 11.5. The third-order valence-electron chi connectivity index (χ3n) is 4.83.